The predicted molar refractivity (Wildman–Crippen MR) is 83.8 cm³/mol. The zero-order valence-electron chi connectivity index (χ0n) is 12.9. The molecule has 0 aromatic heterocycles. The maximum Gasteiger partial charge on any atom is 0.323 e. The summed E-state index contributed by atoms with van der Waals surface area (Å²) in [4.78, 5) is 24.2. The van der Waals surface area contributed by atoms with E-state index in [-0.39, 0.29) is 12.3 Å². The monoisotopic (exact) mass is 300 g/mol. The van der Waals surface area contributed by atoms with Gasteiger partial charge in [-0.15, -0.1) is 0 Å². The third kappa shape index (κ3) is 2.96. The molecule has 2 rings (SSSR count). The molecule has 1 aliphatic carbocycles. The number of rotatable bonds is 4. The van der Waals surface area contributed by atoms with Crippen LogP contribution in [-0.4, -0.2) is 26.2 Å². The first-order valence-corrected chi connectivity index (χ1v) is 7.11. The maximum absolute atomic E-state index is 12.1. The number of carbonyl (C=O) groups excluding carboxylic acids is 2. The minimum Gasteiger partial charge on any atom is -0.468 e. The second kappa shape index (κ2) is 6.60. The summed E-state index contributed by atoms with van der Waals surface area (Å²) in [5.41, 5.74) is 0.624. The number of ether oxygens (including phenoxy) is 2. The Bertz CT molecular complexity index is 585. The summed E-state index contributed by atoms with van der Waals surface area (Å²) in [6.07, 6.45) is 4.54. The van der Waals surface area contributed by atoms with Crippen molar-refractivity contribution in [1.82, 2.24) is 0 Å². The smallest absolute Gasteiger partial charge is 0.323 e. The lowest BCUT2D eigenvalue weighted by Crippen LogP contribution is -2.39. The summed E-state index contributed by atoms with van der Waals surface area (Å²) >= 11 is 0. The molecular weight excluding hydrogens is 280 g/mol. The lowest BCUT2D eigenvalue weighted by atomic mass is 9.85. The van der Waals surface area contributed by atoms with E-state index in [0.717, 1.165) is 11.1 Å². The fourth-order valence-corrected chi connectivity index (χ4v) is 2.89. The van der Waals surface area contributed by atoms with E-state index in [1.807, 2.05) is 42.5 Å². The van der Waals surface area contributed by atoms with Crippen molar-refractivity contribution in [1.29, 1.82) is 0 Å². The normalized spacial score (nSPS) is 20.1. The van der Waals surface area contributed by atoms with Crippen LogP contribution < -0.4 is 0 Å². The Morgan fingerprint density at radius 2 is 1.77 bits per heavy atom. The molecule has 1 fully saturated rings. The highest BCUT2D eigenvalue weighted by molar-refractivity contribution is 6.01. The first-order chi connectivity index (χ1) is 10.5. The van der Waals surface area contributed by atoms with E-state index in [9.17, 15) is 9.59 Å². The summed E-state index contributed by atoms with van der Waals surface area (Å²) in [5.74, 6) is -1.18. The average molecular weight is 300 g/mol. The highest BCUT2D eigenvalue weighted by Crippen LogP contribution is 2.47. The van der Waals surface area contributed by atoms with Gasteiger partial charge in [-0.2, -0.15) is 0 Å². The molecular formula is C18H20O4. The van der Waals surface area contributed by atoms with Crippen LogP contribution in [-0.2, 0) is 19.1 Å². The summed E-state index contributed by atoms with van der Waals surface area (Å²) in [6, 6.07) is 9.84. The molecule has 0 N–H and O–H groups in total. The molecule has 0 bridgehead atoms. The van der Waals surface area contributed by atoms with Crippen molar-refractivity contribution < 1.29 is 19.1 Å². The van der Waals surface area contributed by atoms with Crippen LogP contribution in [0.25, 0.3) is 6.08 Å². The molecule has 4 heteroatoms. The molecule has 1 atom stereocenters. The first-order valence-electron chi connectivity index (χ1n) is 7.11. The number of esters is 2. The van der Waals surface area contributed by atoms with E-state index in [2.05, 4.69) is 6.58 Å². The van der Waals surface area contributed by atoms with Gasteiger partial charge < -0.3 is 9.47 Å². The van der Waals surface area contributed by atoms with Crippen molar-refractivity contribution >= 4 is 18.0 Å². The van der Waals surface area contributed by atoms with Gasteiger partial charge >= 0.3 is 11.9 Å². The van der Waals surface area contributed by atoms with Crippen LogP contribution in [0.5, 0.6) is 0 Å². The number of allylic oxidation sites excluding steroid dienone is 2. The van der Waals surface area contributed by atoms with Gasteiger partial charge in [0.1, 0.15) is 0 Å². The van der Waals surface area contributed by atoms with Crippen molar-refractivity contribution in [2.24, 2.45) is 11.3 Å². The third-order valence-electron chi connectivity index (χ3n) is 4.09. The topological polar surface area (TPSA) is 52.6 Å². The van der Waals surface area contributed by atoms with E-state index in [0.29, 0.717) is 6.42 Å². The number of hydrogen-bond acceptors (Lipinski definition) is 4. The average Bonchev–Trinajstić information content (AvgIpc) is 2.90. The standard InChI is InChI=1S/C18H20O4/c1-13-11-18(16(19)21-2,17(20)22-3)12-15(13)10-9-14-7-5-4-6-8-14/h4-10,15H,1,11-12H2,2-3H3/b10-9+. The third-order valence-corrected chi connectivity index (χ3v) is 4.09. The molecule has 116 valence electrons. The minimum atomic E-state index is -1.27. The fraction of sp³-hybridized carbons (Fsp3) is 0.333. The van der Waals surface area contributed by atoms with Crippen LogP contribution in [0.2, 0.25) is 0 Å². The second-order valence-corrected chi connectivity index (χ2v) is 5.48. The van der Waals surface area contributed by atoms with Gasteiger partial charge in [0, 0.05) is 0 Å². The van der Waals surface area contributed by atoms with Crippen LogP contribution in [0.3, 0.4) is 0 Å². The highest BCUT2D eigenvalue weighted by atomic mass is 16.5. The number of carbonyl (C=O) groups is 2. The fourth-order valence-electron chi connectivity index (χ4n) is 2.89. The number of hydrogen-bond donors (Lipinski definition) is 0. The SMILES string of the molecule is C=C1CC(C(=O)OC)(C(=O)OC)CC1/C=C/c1ccccc1. The molecule has 22 heavy (non-hydrogen) atoms. The Labute approximate surface area is 130 Å². The van der Waals surface area contributed by atoms with Crippen LogP contribution in [0.1, 0.15) is 18.4 Å². The van der Waals surface area contributed by atoms with E-state index >= 15 is 0 Å². The molecule has 0 radical (unpaired) electrons. The summed E-state index contributed by atoms with van der Waals surface area (Å²) in [6.45, 7) is 4.01. The van der Waals surface area contributed by atoms with Gasteiger partial charge in [-0.3, -0.25) is 9.59 Å². The van der Waals surface area contributed by atoms with Crippen molar-refractivity contribution in [3.8, 4) is 0 Å². The molecule has 1 saturated carbocycles. The summed E-state index contributed by atoms with van der Waals surface area (Å²) in [5, 5.41) is 0. The zero-order valence-corrected chi connectivity index (χ0v) is 12.9. The Morgan fingerprint density at radius 1 is 1.18 bits per heavy atom. The van der Waals surface area contributed by atoms with Crippen LogP contribution in [0.15, 0.2) is 48.6 Å². The molecule has 1 unspecified atom stereocenters. The van der Waals surface area contributed by atoms with Gasteiger partial charge in [0.25, 0.3) is 0 Å². The number of benzene rings is 1. The minimum absolute atomic E-state index is 0.0570. The lowest BCUT2D eigenvalue weighted by Gasteiger charge is -2.22. The number of methoxy groups -OCH3 is 2. The van der Waals surface area contributed by atoms with E-state index < -0.39 is 17.4 Å². The van der Waals surface area contributed by atoms with Crippen LogP contribution in [0, 0.1) is 11.3 Å². The Morgan fingerprint density at radius 3 is 2.32 bits per heavy atom. The maximum atomic E-state index is 12.1. The molecule has 0 spiro atoms. The van der Waals surface area contributed by atoms with Gasteiger partial charge in [-0.25, -0.2) is 0 Å². The van der Waals surface area contributed by atoms with Gasteiger partial charge in [0.2, 0.25) is 0 Å². The molecule has 1 aliphatic rings. The largest absolute Gasteiger partial charge is 0.468 e. The molecule has 1 aromatic rings. The molecule has 0 saturated heterocycles. The van der Waals surface area contributed by atoms with E-state index in [4.69, 9.17) is 9.47 Å². The Kier molecular flexibility index (Phi) is 4.81. The predicted octanol–water partition coefficient (Wildman–Crippen LogP) is 3.00. The zero-order chi connectivity index (χ0) is 16.2. The first kappa shape index (κ1) is 16.0. The van der Waals surface area contributed by atoms with E-state index in [1.165, 1.54) is 14.2 Å². The van der Waals surface area contributed by atoms with Crippen molar-refractivity contribution in [3.63, 3.8) is 0 Å². The second-order valence-electron chi connectivity index (χ2n) is 5.48. The summed E-state index contributed by atoms with van der Waals surface area (Å²) < 4.78 is 9.63. The van der Waals surface area contributed by atoms with Crippen molar-refractivity contribution in [2.45, 2.75) is 12.8 Å². The van der Waals surface area contributed by atoms with Gasteiger partial charge in [0.05, 0.1) is 14.2 Å². The highest BCUT2D eigenvalue weighted by Gasteiger charge is 2.54. The molecule has 0 aliphatic heterocycles. The van der Waals surface area contributed by atoms with Crippen molar-refractivity contribution in [3.05, 3.63) is 54.1 Å². The van der Waals surface area contributed by atoms with Gasteiger partial charge in [0.15, 0.2) is 5.41 Å². The van der Waals surface area contributed by atoms with Gasteiger partial charge in [-0.05, 0) is 24.3 Å². The van der Waals surface area contributed by atoms with Crippen LogP contribution >= 0.6 is 0 Å². The molecule has 1 aromatic carbocycles. The Hall–Kier alpha value is -2.36. The Balaban J connectivity index is 2.23. The quantitative estimate of drug-likeness (QED) is 0.487. The van der Waals surface area contributed by atoms with Crippen LogP contribution in [0.4, 0.5) is 0 Å². The van der Waals surface area contributed by atoms with Gasteiger partial charge in [-0.1, -0.05) is 54.6 Å². The summed E-state index contributed by atoms with van der Waals surface area (Å²) in [7, 11) is 2.56. The lowest BCUT2D eigenvalue weighted by molar-refractivity contribution is -0.168. The van der Waals surface area contributed by atoms with E-state index in [1.54, 1.807) is 0 Å². The van der Waals surface area contributed by atoms with Crippen molar-refractivity contribution in [2.75, 3.05) is 14.2 Å². The molecule has 0 heterocycles. The molecule has 4 nitrogen and oxygen atoms in total. The molecule has 0 amide bonds.